The lowest BCUT2D eigenvalue weighted by molar-refractivity contribution is 1.23. The highest BCUT2D eigenvalue weighted by Gasteiger charge is 1.88. The van der Waals surface area contributed by atoms with Crippen molar-refractivity contribution in [2.75, 3.05) is 5.88 Å². The molecule has 0 bridgehead atoms. The summed E-state index contributed by atoms with van der Waals surface area (Å²) < 4.78 is 0. The second-order valence-corrected chi connectivity index (χ2v) is 3.09. The molecule has 64 valence electrons. The molecule has 0 amide bonds. The third-order valence-electron chi connectivity index (χ3n) is 1.31. The average Bonchev–Trinajstić information content (AvgIpc) is 2.05. The molecule has 0 N–H and O–H groups in total. The third kappa shape index (κ3) is 3.24. The highest BCUT2D eigenvalue weighted by atomic mass is 35.5. The molecule has 0 saturated carbocycles. The summed E-state index contributed by atoms with van der Waals surface area (Å²) >= 11 is 11.3. The molecule has 1 aromatic rings. The van der Waals surface area contributed by atoms with Crippen molar-refractivity contribution in [2.24, 2.45) is 0 Å². The van der Waals surface area contributed by atoms with E-state index in [2.05, 4.69) is 4.98 Å². The smallest absolute Gasteiger partial charge is 0.0641 e. The van der Waals surface area contributed by atoms with E-state index in [0.717, 1.165) is 12.1 Å². The maximum atomic E-state index is 5.76. The lowest BCUT2D eigenvalue weighted by Gasteiger charge is -1.92. The Hall–Kier alpha value is -0.530. The van der Waals surface area contributed by atoms with Gasteiger partial charge in [-0.1, -0.05) is 17.7 Å². The first-order valence-electron chi connectivity index (χ1n) is 3.67. The van der Waals surface area contributed by atoms with Crippen LogP contribution in [0.3, 0.4) is 0 Å². The minimum absolute atomic E-state index is 0.636. The van der Waals surface area contributed by atoms with E-state index in [-0.39, 0.29) is 0 Å². The number of hydrogen-bond donors (Lipinski definition) is 0. The van der Waals surface area contributed by atoms with Gasteiger partial charge in [-0.15, -0.1) is 11.6 Å². The van der Waals surface area contributed by atoms with Gasteiger partial charge in [-0.05, 0) is 24.6 Å². The number of alkyl halides is 1. The molecule has 1 nitrogen and oxygen atoms in total. The number of rotatable bonds is 3. The van der Waals surface area contributed by atoms with Crippen LogP contribution in [0.5, 0.6) is 0 Å². The van der Waals surface area contributed by atoms with E-state index in [0.29, 0.717) is 10.9 Å². The van der Waals surface area contributed by atoms with Crippen LogP contribution in [-0.4, -0.2) is 10.9 Å². The highest BCUT2D eigenvalue weighted by molar-refractivity contribution is 6.30. The number of allylic oxidation sites excluding steroid dienone is 1. The fraction of sp³-hybridized carbons (Fsp3) is 0.222. The normalized spacial score (nSPS) is 10.8. The van der Waals surface area contributed by atoms with Crippen LogP contribution in [0.2, 0.25) is 5.02 Å². The van der Waals surface area contributed by atoms with Gasteiger partial charge in [0.1, 0.15) is 0 Å². The number of halogens is 2. The summed E-state index contributed by atoms with van der Waals surface area (Å²) in [5, 5.41) is 0.704. The van der Waals surface area contributed by atoms with Gasteiger partial charge >= 0.3 is 0 Å². The first-order chi connectivity index (χ1) is 5.83. The maximum absolute atomic E-state index is 5.76. The second kappa shape index (κ2) is 5.18. The molecule has 0 spiro atoms. The zero-order valence-electron chi connectivity index (χ0n) is 6.50. The molecule has 0 aliphatic heterocycles. The Labute approximate surface area is 82.0 Å². The summed E-state index contributed by atoms with van der Waals surface area (Å²) in [6.45, 7) is 0. The van der Waals surface area contributed by atoms with Crippen LogP contribution < -0.4 is 0 Å². The lowest BCUT2D eigenvalue weighted by atomic mass is 10.3. The first-order valence-corrected chi connectivity index (χ1v) is 4.58. The Morgan fingerprint density at radius 3 is 3.00 bits per heavy atom. The van der Waals surface area contributed by atoms with E-state index >= 15 is 0 Å². The quantitative estimate of drug-likeness (QED) is 0.684. The van der Waals surface area contributed by atoms with E-state index in [4.69, 9.17) is 23.2 Å². The van der Waals surface area contributed by atoms with Crippen molar-refractivity contribution in [2.45, 2.75) is 6.42 Å². The molecule has 0 unspecified atom stereocenters. The number of pyridine rings is 1. The summed E-state index contributed by atoms with van der Waals surface area (Å²) in [6.07, 6.45) is 6.43. The van der Waals surface area contributed by atoms with Crippen molar-refractivity contribution >= 4 is 29.3 Å². The predicted octanol–water partition coefficient (Wildman–Crippen LogP) is 3.38. The Kier molecular flexibility index (Phi) is 4.12. The van der Waals surface area contributed by atoms with Gasteiger partial charge in [0.2, 0.25) is 0 Å². The second-order valence-electron chi connectivity index (χ2n) is 2.28. The molecule has 1 aromatic heterocycles. The number of hydrogen-bond acceptors (Lipinski definition) is 1. The molecule has 3 heteroatoms. The van der Waals surface area contributed by atoms with E-state index in [9.17, 15) is 0 Å². The van der Waals surface area contributed by atoms with Crippen molar-refractivity contribution in [1.29, 1.82) is 0 Å². The van der Waals surface area contributed by atoms with E-state index in [1.807, 2.05) is 18.2 Å². The Morgan fingerprint density at radius 1 is 1.50 bits per heavy atom. The van der Waals surface area contributed by atoms with Crippen LogP contribution in [0.15, 0.2) is 24.4 Å². The van der Waals surface area contributed by atoms with Crippen molar-refractivity contribution in [3.63, 3.8) is 0 Å². The molecule has 1 heterocycles. The number of aromatic nitrogens is 1. The molecule has 0 aromatic carbocycles. The molecule has 0 aliphatic carbocycles. The first kappa shape index (κ1) is 9.56. The third-order valence-corrected chi connectivity index (χ3v) is 1.76. The topological polar surface area (TPSA) is 12.9 Å². The number of nitrogens with zero attached hydrogens (tertiary/aromatic N) is 1. The summed E-state index contributed by atoms with van der Waals surface area (Å²) in [7, 11) is 0. The summed E-state index contributed by atoms with van der Waals surface area (Å²) in [5.41, 5.74) is 0.868. The lowest BCUT2D eigenvalue weighted by Crippen LogP contribution is -1.78. The minimum atomic E-state index is 0.636. The molecule has 0 saturated heterocycles. The van der Waals surface area contributed by atoms with Gasteiger partial charge < -0.3 is 0 Å². The summed E-state index contributed by atoms with van der Waals surface area (Å²) in [5.74, 6) is 0.636. The molecule has 0 fully saturated rings. The molecular formula is C9H9Cl2N. The van der Waals surface area contributed by atoms with Crippen molar-refractivity contribution in [1.82, 2.24) is 4.98 Å². The zero-order valence-corrected chi connectivity index (χ0v) is 8.02. The molecule has 0 radical (unpaired) electrons. The van der Waals surface area contributed by atoms with Crippen molar-refractivity contribution in [3.05, 3.63) is 35.1 Å². The minimum Gasteiger partial charge on any atom is -0.257 e. The molecule has 0 atom stereocenters. The Balaban J connectivity index is 2.63. The zero-order chi connectivity index (χ0) is 8.81. The van der Waals surface area contributed by atoms with Gasteiger partial charge in [0.25, 0.3) is 0 Å². The van der Waals surface area contributed by atoms with E-state index < -0.39 is 0 Å². The van der Waals surface area contributed by atoms with Crippen molar-refractivity contribution in [3.8, 4) is 0 Å². The molecule has 12 heavy (non-hydrogen) atoms. The van der Waals surface area contributed by atoms with Gasteiger partial charge in [-0.2, -0.15) is 0 Å². The largest absolute Gasteiger partial charge is 0.257 e. The molecule has 1 rings (SSSR count). The SMILES string of the molecule is ClCCC=Cc1cc(Cl)ccn1. The van der Waals surface area contributed by atoms with Gasteiger partial charge in [0.05, 0.1) is 5.69 Å². The van der Waals surface area contributed by atoms with Crippen LogP contribution in [-0.2, 0) is 0 Å². The van der Waals surface area contributed by atoms with Gasteiger partial charge in [-0.25, -0.2) is 0 Å². The summed E-state index contributed by atoms with van der Waals surface area (Å²) in [4.78, 5) is 4.10. The van der Waals surface area contributed by atoms with Crippen LogP contribution in [0, 0.1) is 0 Å². The van der Waals surface area contributed by atoms with Gasteiger partial charge in [-0.3, -0.25) is 4.98 Å². The van der Waals surface area contributed by atoms with E-state index in [1.165, 1.54) is 0 Å². The van der Waals surface area contributed by atoms with E-state index in [1.54, 1.807) is 12.3 Å². The van der Waals surface area contributed by atoms with Gasteiger partial charge in [0, 0.05) is 17.1 Å². The van der Waals surface area contributed by atoms with Crippen molar-refractivity contribution < 1.29 is 0 Å². The molecule has 0 aliphatic rings. The van der Waals surface area contributed by atoms with Gasteiger partial charge in [0.15, 0.2) is 0 Å². The molecular weight excluding hydrogens is 193 g/mol. The predicted molar refractivity (Wildman–Crippen MR) is 53.6 cm³/mol. The average molecular weight is 202 g/mol. The fourth-order valence-corrected chi connectivity index (χ4v) is 1.07. The monoisotopic (exact) mass is 201 g/mol. The maximum Gasteiger partial charge on any atom is 0.0641 e. The standard InChI is InChI=1S/C9H9Cl2N/c10-5-2-1-3-9-7-8(11)4-6-12-9/h1,3-4,6-7H,2,5H2. The van der Waals surface area contributed by atoms with Crippen LogP contribution >= 0.6 is 23.2 Å². The van der Waals surface area contributed by atoms with Crippen LogP contribution in [0.1, 0.15) is 12.1 Å². The Morgan fingerprint density at radius 2 is 2.33 bits per heavy atom. The Bertz CT molecular complexity index is 271. The fourth-order valence-electron chi connectivity index (χ4n) is 0.779. The summed E-state index contributed by atoms with van der Waals surface area (Å²) in [6, 6.07) is 3.56. The van der Waals surface area contributed by atoms with Crippen LogP contribution in [0.4, 0.5) is 0 Å². The highest BCUT2D eigenvalue weighted by Crippen LogP contribution is 2.09. The van der Waals surface area contributed by atoms with Crippen LogP contribution in [0.25, 0.3) is 6.08 Å².